The van der Waals surface area contributed by atoms with Gasteiger partial charge < -0.3 is 24.6 Å². The number of benzene rings is 1. The van der Waals surface area contributed by atoms with Crippen molar-refractivity contribution in [3.63, 3.8) is 0 Å². The Labute approximate surface area is 159 Å². The molecule has 146 valence electrons. The molecule has 1 aromatic heterocycles. The van der Waals surface area contributed by atoms with Crippen LogP contribution in [0.25, 0.3) is 0 Å². The molecule has 2 heterocycles. The maximum absolute atomic E-state index is 12.0. The Morgan fingerprint density at radius 2 is 2.15 bits per heavy atom. The summed E-state index contributed by atoms with van der Waals surface area (Å²) in [5.41, 5.74) is 1.60. The zero-order chi connectivity index (χ0) is 18.9. The molecule has 0 saturated carbocycles. The second-order valence-electron chi connectivity index (χ2n) is 6.67. The number of carbonyl (C=O) groups excluding carboxylic acids is 1. The zero-order valence-corrected chi connectivity index (χ0v) is 15.7. The van der Waals surface area contributed by atoms with E-state index in [-0.39, 0.29) is 12.1 Å². The molecule has 0 aliphatic carbocycles. The van der Waals surface area contributed by atoms with Crippen molar-refractivity contribution >= 4 is 11.7 Å². The Bertz CT molecular complexity index is 708. The molecule has 1 saturated heterocycles. The van der Waals surface area contributed by atoms with E-state index in [9.17, 15) is 4.79 Å². The number of hydrogen-bond acceptors (Lipinski definition) is 5. The Morgan fingerprint density at radius 1 is 1.30 bits per heavy atom. The lowest BCUT2D eigenvalue weighted by molar-refractivity contribution is -0.0110. The fourth-order valence-electron chi connectivity index (χ4n) is 2.92. The summed E-state index contributed by atoms with van der Waals surface area (Å²) in [5, 5.41) is 9.50. The van der Waals surface area contributed by atoms with Crippen LogP contribution in [0.5, 0.6) is 5.75 Å². The van der Waals surface area contributed by atoms with Gasteiger partial charge in [-0.25, -0.2) is 4.79 Å². The highest BCUT2D eigenvalue weighted by Crippen LogP contribution is 2.18. The second-order valence-corrected chi connectivity index (χ2v) is 6.67. The molecule has 1 fully saturated rings. The first-order valence-corrected chi connectivity index (χ1v) is 9.56. The van der Waals surface area contributed by atoms with Crippen LogP contribution in [-0.4, -0.2) is 30.5 Å². The van der Waals surface area contributed by atoms with Crippen LogP contribution < -0.4 is 15.4 Å². The van der Waals surface area contributed by atoms with Crippen LogP contribution >= 0.6 is 0 Å². The van der Waals surface area contributed by atoms with E-state index in [1.807, 2.05) is 30.3 Å². The van der Waals surface area contributed by atoms with Gasteiger partial charge in [0.25, 0.3) is 0 Å². The van der Waals surface area contributed by atoms with E-state index in [1.54, 1.807) is 0 Å². The van der Waals surface area contributed by atoms with Crippen molar-refractivity contribution in [2.75, 3.05) is 18.5 Å². The predicted molar refractivity (Wildman–Crippen MR) is 102 cm³/mol. The average Bonchev–Trinajstić information content (AvgIpc) is 3.15. The highest BCUT2D eigenvalue weighted by atomic mass is 16.5. The summed E-state index contributed by atoms with van der Waals surface area (Å²) in [6.45, 7) is 3.76. The summed E-state index contributed by atoms with van der Waals surface area (Å²) in [6.07, 6.45) is 5.43. The standard InChI is InChI=1S/C20H27N3O4/c1-2-5-16-12-19(27-23-16)13-21-20(24)22-15-7-9-17(10-8-15)26-14-18-6-3-4-11-25-18/h7-10,12,18H,2-6,11,13-14H2,1H3,(H2,21,22,24). The Kier molecular flexibility index (Phi) is 7.10. The molecule has 0 bridgehead atoms. The number of hydrogen-bond donors (Lipinski definition) is 2. The normalized spacial score (nSPS) is 16.7. The first kappa shape index (κ1) is 19.2. The van der Waals surface area contributed by atoms with Crippen molar-refractivity contribution in [2.24, 2.45) is 0 Å². The quantitative estimate of drug-likeness (QED) is 0.733. The summed E-state index contributed by atoms with van der Waals surface area (Å²) in [4.78, 5) is 12.0. The minimum absolute atomic E-state index is 0.177. The SMILES string of the molecule is CCCc1cc(CNC(=O)Nc2ccc(OCC3CCCCO3)cc2)on1. The monoisotopic (exact) mass is 373 g/mol. The van der Waals surface area contributed by atoms with Crippen LogP contribution in [0.4, 0.5) is 10.5 Å². The minimum atomic E-state index is -0.298. The first-order valence-electron chi connectivity index (χ1n) is 9.56. The summed E-state index contributed by atoms with van der Waals surface area (Å²) in [7, 11) is 0. The third kappa shape index (κ3) is 6.29. The lowest BCUT2D eigenvalue weighted by Gasteiger charge is -2.22. The van der Waals surface area contributed by atoms with Gasteiger partial charge in [0.2, 0.25) is 0 Å². The molecule has 1 aliphatic heterocycles. The molecule has 2 aromatic rings. The number of nitrogens with one attached hydrogen (secondary N) is 2. The van der Waals surface area contributed by atoms with Gasteiger partial charge in [-0.15, -0.1) is 0 Å². The van der Waals surface area contributed by atoms with E-state index in [2.05, 4.69) is 22.7 Å². The van der Waals surface area contributed by atoms with Crippen molar-refractivity contribution in [1.82, 2.24) is 10.5 Å². The maximum Gasteiger partial charge on any atom is 0.319 e. The van der Waals surface area contributed by atoms with Crippen LogP contribution in [0.1, 0.15) is 44.1 Å². The number of carbonyl (C=O) groups is 1. The molecule has 2 amide bonds. The smallest absolute Gasteiger partial charge is 0.319 e. The number of aromatic nitrogens is 1. The van der Waals surface area contributed by atoms with Crippen LogP contribution in [0.15, 0.2) is 34.9 Å². The highest BCUT2D eigenvalue weighted by molar-refractivity contribution is 5.89. The van der Waals surface area contributed by atoms with Gasteiger partial charge in [0.1, 0.15) is 12.4 Å². The first-order chi connectivity index (χ1) is 13.2. The van der Waals surface area contributed by atoms with Crippen LogP contribution in [0.3, 0.4) is 0 Å². The predicted octanol–water partition coefficient (Wildman–Crippen LogP) is 3.90. The van der Waals surface area contributed by atoms with E-state index in [0.29, 0.717) is 24.6 Å². The average molecular weight is 373 g/mol. The largest absolute Gasteiger partial charge is 0.491 e. The molecular weight excluding hydrogens is 346 g/mol. The molecule has 1 aliphatic rings. The molecule has 1 atom stereocenters. The van der Waals surface area contributed by atoms with Gasteiger partial charge in [0.05, 0.1) is 18.3 Å². The number of amides is 2. The van der Waals surface area contributed by atoms with E-state index < -0.39 is 0 Å². The van der Waals surface area contributed by atoms with E-state index in [1.165, 1.54) is 6.42 Å². The lowest BCUT2D eigenvalue weighted by Crippen LogP contribution is -2.28. The Balaban J connectivity index is 1.39. The fraction of sp³-hybridized carbons (Fsp3) is 0.500. The van der Waals surface area contributed by atoms with Crippen LogP contribution in [-0.2, 0) is 17.7 Å². The number of urea groups is 1. The van der Waals surface area contributed by atoms with Gasteiger partial charge in [-0.3, -0.25) is 0 Å². The fourth-order valence-corrected chi connectivity index (χ4v) is 2.92. The highest BCUT2D eigenvalue weighted by Gasteiger charge is 2.14. The molecular formula is C20H27N3O4. The summed E-state index contributed by atoms with van der Waals surface area (Å²) in [5.74, 6) is 1.41. The molecule has 2 N–H and O–H groups in total. The van der Waals surface area contributed by atoms with Gasteiger partial charge >= 0.3 is 6.03 Å². The molecule has 27 heavy (non-hydrogen) atoms. The minimum Gasteiger partial charge on any atom is -0.491 e. The number of aryl methyl sites for hydroxylation is 1. The van der Waals surface area contributed by atoms with Gasteiger partial charge in [0, 0.05) is 18.4 Å². The van der Waals surface area contributed by atoms with Crippen molar-refractivity contribution in [1.29, 1.82) is 0 Å². The third-order valence-electron chi connectivity index (χ3n) is 4.36. The number of ether oxygens (including phenoxy) is 2. The Morgan fingerprint density at radius 3 is 2.89 bits per heavy atom. The van der Waals surface area contributed by atoms with E-state index in [0.717, 1.165) is 43.7 Å². The summed E-state index contributed by atoms with van der Waals surface area (Å²) < 4.78 is 16.6. The molecule has 1 unspecified atom stereocenters. The van der Waals surface area contributed by atoms with Crippen molar-refractivity contribution < 1.29 is 18.8 Å². The van der Waals surface area contributed by atoms with Gasteiger partial charge in [0.15, 0.2) is 5.76 Å². The van der Waals surface area contributed by atoms with Crippen molar-refractivity contribution in [2.45, 2.75) is 51.7 Å². The molecule has 0 radical (unpaired) electrons. The molecule has 0 spiro atoms. The molecule has 7 nitrogen and oxygen atoms in total. The Hall–Kier alpha value is -2.54. The van der Waals surface area contributed by atoms with E-state index >= 15 is 0 Å². The topological polar surface area (TPSA) is 85.6 Å². The van der Waals surface area contributed by atoms with Crippen molar-refractivity contribution in [3.05, 3.63) is 41.8 Å². The molecule has 1 aromatic carbocycles. The van der Waals surface area contributed by atoms with Crippen LogP contribution in [0.2, 0.25) is 0 Å². The molecule has 3 rings (SSSR count). The number of anilines is 1. The lowest BCUT2D eigenvalue weighted by atomic mass is 10.1. The number of rotatable bonds is 8. The third-order valence-corrected chi connectivity index (χ3v) is 4.36. The van der Waals surface area contributed by atoms with Gasteiger partial charge in [-0.1, -0.05) is 18.5 Å². The molecule has 7 heteroatoms. The summed E-state index contributed by atoms with van der Waals surface area (Å²) in [6, 6.07) is 8.87. The zero-order valence-electron chi connectivity index (χ0n) is 15.7. The maximum atomic E-state index is 12.0. The van der Waals surface area contributed by atoms with Crippen LogP contribution in [0, 0.1) is 0 Å². The van der Waals surface area contributed by atoms with Gasteiger partial charge in [-0.05, 0) is 49.9 Å². The summed E-state index contributed by atoms with van der Waals surface area (Å²) >= 11 is 0. The van der Waals surface area contributed by atoms with Crippen molar-refractivity contribution in [3.8, 4) is 5.75 Å². The van der Waals surface area contributed by atoms with Gasteiger partial charge in [-0.2, -0.15) is 0 Å². The second kappa shape index (κ2) is 9.97. The van der Waals surface area contributed by atoms with E-state index in [4.69, 9.17) is 14.0 Å². The number of nitrogens with zero attached hydrogens (tertiary/aromatic N) is 1.